The molecule has 0 spiro atoms. The Labute approximate surface area is 173 Å². The van der Waals surface area contributed by atoms with Gasteiger partial charge in [-0.3, -0.25) is 0 Å². The molecular weight excluding hydrogens is 368 g/mol. The predicted molar refractivity (Wildman–Crippen MR) is 119 cm³/mol. The fraction of sp³-hybridized carbons (Fsp3) is 1.00. The third kappa shape index (κ3) is 17.2. The molecule has 2 nitrogen and oxygen atoms in total. The molecule has 0 aromatic rings. The molecule has 3 heteroatoms. The molecule has 0 aliphatic rings. The normalized spacial score (nSPS) is 13.6. The maximum absolute atomic E-state index is 11.4. The molecule has 0 fully saturated rings. The van der Waals surface area contributed by atoms with Gasteiger partial charge < -0.3 is 0 Å². The molecule has 0 aliphatic carbocycles. The SMILES string of the molecule is CCCCCCC[CH2][Ti]([OH])([OH])([CH2]CCCCCCC)[CH2]CCCCCCC. The van der Waals surface area contributed by atoms with E-state index >= 15 is 0 Å². The summed E-state index contributed by atoms with van der Waals surface area (Å²) >= 11 is -4.20. The predicted octanol–water partition coefficient (Wildman–Crippen LogP) is 8.83. The number of hydrogen-bond donors (Lipinski definition) is 2. The molecule has 0 aliphatic heterocycles. The molecule has 0 aromatic carbocycles. The summed E-state index contributed by atoms with van der Waals surface area (Å²) in [6, 6.07) is 0. The zero-order valence-electron chi connectivity index (χ0n) is 19.2. The Bertz CT molecular complexity index is 270. The molecule has 0 aromatic heterocycles. The van der Waals surface area contributed by atoms with E-state index in [1.807, 2.05) is 0 Å². The molecule has 0 radical (unpaired) electrons. The van der Waals surface area contributed by atoms with E-state index in [0.717, 1.165) is 33.4 Å². The van der Waals surface area contributed by atoms with E-state index in [0.29, 0.717) is 0 Å². The fourth-order valence-corrected chi connectivity index (χ4v) is 10.5. The van der Waals surface area contributed by atoms with Crippen LogP contribution in [0.25, 0.3) is 0 Å². The van der Waals surface area contributed by atoms with E-state index in [2.05, 4.69) is 20.8 Å². The van der Waals surface area contributed by atoms with Gasteiger partial charge in [0.1, 0.15) is 0 Å². The molecule has 0 rings (SSSR count). The first-order valence-corrected chi connectivity index (χ1v) is 17.3. The van der Waals surface area contributed by atoms with Crippen LogP contribution >= 0.6 is 0 Å². The van der Waals surface area contributed by atoms with Crippen molar-refractivity contribution in [2.45, 2.75) is 151 Å². The summed E-state index contributed by atoms with van der Waals surface area (Å²) in [6.07, 6.45) is 22.2. The molecule has 0 atom stereocenters. The first-order chi connectivity index (χ1) is 13.0. The van der Waals surface area contributed by atoms with Crippen molar-refractivity contribution >= 4 is 0 Å². The van der Waals surface area contributed by atoms with Crippen LogP contribution < -0.4 is 0 Å². The Balaban J connectivity index is 4.29. The summed E-state index contributed by atoms with van der Waals surface area (Å²) in [7, 11) is 0. The summed E-state index contributed by atoms with van der Waals surface area (Å²) in [4.78, 5) is 0. The van der Waals surface area contributed by atoms with Gasteiger partial charge in [0, 0.05) is 0 Å². The standard InChI is InChI=1S/3C8H17.2H2O.Ti/c3*1-3-5-7-8-6-4-2;;;/h3*1,3-8H2,2H3;2*1H2;/q;;;;;+2/p-2. The molecule has 0 unspecified atom stereocenters. The van der Waals surface area contributed by atoms with Gasteiger partial charge in [-0.1, -0.05) is 0 Å². The van der Waals surface area contributed by atoms with Crippen molar-refractivity contribution in [3.63, 3.8) is 0 Å². The number of rotatable bonds is 21. The summed E-state index contributed by atoms with van der Waals surface area (Å²) < 4.78 is 25.1. The Morgan fingerprint density at radius 3 is 0.852 bits per heavy atom. The van der Waals surface area contributed by atoms with E-state index < -0.39 is 16.1 Å². The van der Waals surface area contributed by atoms with Gasteiger partial charge in [-0.25, -0.2) is 0 Å². The van der Waals surface area contributed by atoms with Gasteiger partial charge in [0.05, 0.1) is 0 Å². The van der Waals surface area contributed by atoms with Crippen LogP contribution in [0, 0.1) is 0 Å². The average Bonchev–Trinajstić information content (AvgIpc) is 2.64. The van der Waals surface area contributed by atoms with Crippen LogP contribution in [-0.4, -0.2) is 7.38 Å². The second-order valence-electron chi connectivity index (χ2n) is 9.35. The summed E-state index contributed by atoms with van der Waals surface area (Å²) in [5.74, 6) is 0. The summed E-state index contributed by atoms with van der Waals surface area (Å²) in [5.41, 5.74) is 0. The van der Waals surface area contributed by atoms with E-state index in [1.54, 1.807) is 0 Å². The minimum atomic E-state index is -4.20. The Kier molecular flexibility index (Phi) is 17.9. The van der Waals surface area contributed by atoms with Crippen LogP contribution in [0.4, 0.5) is 0 Å². The molecule has 165 valence electrons. The van der Waals surface area contributed by atoms with Gasteiger partial charge in [-0.15, -0.1) is 0 Å². The monoisotopic (exact) mass is 421 g/mol. The zero-order valence-corrected chi connectivity index (χ0v) is 20.8. The van der Waals surface area contributed by atoms with Crippen LogP contribution in [0.2, 0.25) is 14.2 Å². The van der Waals surface area contributed by atoms with Gasteiger partial charge >= 0.3 is 174 Å². The third-order valence-corrected chi connectivity index (χ3v) is 13.4. The van der Waals surface area contributed by atoms with Crippen molar-refractivity contribution < 1.29 is 23.5 Å². The van der Waals surface area contributed by atoms with Gasteiger partial charge in [-0.2, -0.15) is 0 Å². The quantitative estimate of drug-likeness (QED) is 0.144. The molecule has 0 saturated carbocycles. The summed E-state index contributed by atoms with van der Waals surface area (Å²) in [6.45, 7) is 6.74. The maximum atomic E-state index is 11.4. The number of hydrogen-bond acceptors (Lipinski definition) is 2. The fourth-order valence-electron chi connectivity index (χ4n) is 4.32. The molecular formula is C24H53O2Ti. The molecule has 0 saturated heterocycles. The van der Waals surface area contributed by atoms with Crippen molar-refractivity contribution in [3.8, 4) is 0 Å². The topological polar surface area (TPSA) is 40.5 Å². The Hall–Kier alpha value is 0.634. The van der Waals surface area contributed by atoms with E-state index in [4.69, 9.17) is 0 Å². The van der Waals surface area contributed by atoms with Crippen LogP contribution in [-0.2, 0) is 16.1 Å². The van der Waals surface area contributed by atoms with Crippen LogP contribution in [0.3, 0.4) is 0 Å². The van der Waals surface area contributed by atoms with Crippen molar-refractivity contribution in [1.82, 2.24) is 0 Å². The van der Waals surface area contributed by atoms with Crippen LogP contribution in [0.5, 0.6) is 0 Å². The van der Waals surface area contributed by atoms with Crippen molar-refractivity contribution in [2.75, 3.05) is 0 Å². The molecule has 0 heterocycles. The average molecular weight is 422 g/mol. The third-order valence-electron chi connectivity index (χ3n) is 6.32. The van der Waals surface area contributed by atoms with Gasteiger partial charge in [-0.05, 0) is 0 Å². The molecule has 0 amide bonds. The minimum absolute atomic E-state index is 0.757. The Morgan fingerprint density at radius 1 is 0.370 bits per heavy atom. The van der Waals surface area contributed by atoms with Crippen molar-refractivity contribution in [1.29, 1.82) is 0 Å². The van der Waals surface area contributed by atoms with E-state index in [-0.39, 0.29) is 0 Å². The molecule has 0 bridgehead atoms. The van der Waals surface area contributed by atoms with Crippen LogP contribution in [0.15, 0.2) is 0 Å². The molecule has 27 heavy (non-hydrogen) atoms. The summed E-state index contributed by atoms with van der Waals surface area (Å²) in [5, 5.41) is 0. The van der Waals surface area contributed by atoms with Crippen molar-refractivity contribution in [2.24, 2.45) is 0 Å². The Morgan fingerprint density at radius 2 is 0.593 bits per heavy atom. The van der Waals surface area contributed by atoms with Crippen molar-refractivity contribution in [3.05, 3.63) is 0 Å². The second-order valence-corrected chi connectivity index (χ2v) is 17.3. The first-order valence-electron chi connectivity index (χ1n) is 12.6. The van der Waals surface area contributed by atoms with E-state index in [9.17, 15) is 7.38 Å². The first kappa shape index (κ1) is 27.6. The van der Waals surface area contributed by atoms with Gasteiger partial charge in [0.25, 0.3) is 0 Å². The van der Waals surface area contributed by atoms with Crippen LogP contribution in [0.1, 0.15) is 136 Å². The van der Waals surface area contributed by atoms with Gasteiger partial charge in [0.2, 0.25) is 0 Å². The second kappa shape index (κ2) is 17.5. The van der Waals surface area contributed by atoms with Gasteiger partial charge in [0.15, 0.2) is 0 Å². The van der Waals surface area contributed by atoms with E-state index in [1.165, 1.54) is 96.3 Å². The number of unbranched alkanes of at least 4 members (excludes halogenated alkanes) is 15. The zero-order chi connectivity index (χ0) is 20.3. The molecule has 2 N–H and O–H groups in total.